The van der Waals surface area contributed by atoms with Gasteiger partial charge in [-0.2, -0.15) is 0 Å². The highest BCUT2D eigenvalue weighted by atomic mass is 32.2. The highest BCUT2D eigenvalue weighted by Gasteiger charge is 2.63. The number of fused-ring (bicyclic) bond motifs is 3. The molecule has 3 fully saturated rings. The van der Waals surface area contributed by atoms with E-state index in [9.17, 15) is 37.1 Å². The molecule has 7 atom stereocenters. The van der Waals surface area contributed by atoms with Crippen LogP contribution in [-0.2, 0) is 24.4 Å². The Morgan fingerprint density at radius 2 is 1.79 bits per heavy atom. The molecule has 4 N–H and O–H groups in total. The van der Waals surface area contributed by atoms with Crippen molar-refractivity contribution in [3.05, 3.63) is 36.3 Å². The molecule has 2 aliphatic carbocycles. The molecule has 0 unspecified atom stereocenters. The quantitative estimate of drug-likeness (QED) is 0.288. The van der Waals surface area contributed by atoms with Crippen LogP contribution in [0.4, 0.5) is 9.18 Å². The van der Waals surface area contributed by atoms with Crippen molar-refractivity contribution in [2.45, 2.75) is 94.2 Å². The van der Waals surface area contributed by atoms with E-state index in [1.54, 1.807) is 13.8 Å². The van der Waals surface area contributed by atoms with Gasteiger partial charge in [-0.25, -0.2) is 22.6 Å². The number of amides is 4. The number of carboxylic acid groups (broad SMARTS) is 1. The van der Waals surface area contributed by atoms with Crippen LogP contribution in [-0.4, -0.2) is 96.5 Å². The first-order valence-corrected chi connectivity index (χ1v) is 19.2. The number of ether oxygens (including phenoxy) is 3. The fourth-order valence-corrected chi connectivity index (χ4v) is 8.62. The van der Waals surface area contributed by atoms with Gasteiger partial charge in [0.25, 0.3) is 5.91 Å². The fourth-order valence-electron chi connectivity index (χ4n) is 7.31. The van der Waals surface area contributed by atoms with E-state index >= 15 is 0 Å². The average molecular weight is 760 g/mol. The molecule has 2 aromatic rings. The van der Waals surface area contributed by atoms with Gasteiger partial charge in [0.05, 0.1) is 37.1 Å². The maximum Gasteiger partial charge on any atom is 0.405 e. The molecule has 15 nitrogen and oxygen atoms in total. The van der Waals surface area contributed by atoms with Gasteiger partial charge in [0.15, 0.2) is 11.6 Å². The van der Waals surface area contributed by atoms with E-state index in [0.717, 1.165) is 0 Å². The molecular weight excluding hydrogens is 713 g/mol. The number of methoxy groups -OCH3 is 2. The number of aromatic nitrogens is 1. The van der Waals surface area contributed by atoms with Gasteiger partial charge < -0.3 is 34.9 Å². The van der Waals surface area contributed by atoms with Crippen LogP contribution in [0.5, 0.6) is 17.4 Å². The predicted molar refractivity (Wildman–Crippen MR) is 189 cm³/mol. The van der Waals surface area contributed by atoms with Crippen molar-refractivity contribution < 1.29 is 51.3 Å². The predicted octanol–water partition coefficient (Wildman–Crippen LogP) is 3.26. The summed E-state index contributed by atoms with van der Waals surface area (Å²) in [6.45, 7) is 5.13. The van der Waals surface area contributed by atoms with Crippen LogP contribution < -0.4 is 29.6 Å². The Bertz CT molecular complexity index is 1960. The maximum absolute atomic E-state index is 14.9. The van der Waals surface area contributed by atoms with Crippen molar-refractivity contribution in [2.24, 2.45) is 17.8 Å². The highest BCUT2D eigenvalue weighted by molar-refractivity contribution is 7.91. The summed E-state index contributed by atoms with van der Waals surface area (Å²) in [5.74, 6) is -3.58. The molecule has 17 heteroatoms. The summed E-state index contributed by atoms with van der Waals surface area (Å²) in [5, 5.41) is 15.6. The molecule has 0 bridgehead atoms. The zero-order valence-corrected chi connectivity index (χ0v) is 31.1. The summed E-state index contributed by atoms with van der Waals surface area (Å²) in [6.07, 6.45) is 5.54. The van der Waals surface area contributed by atoms with Crippen LogP contribution in [0.3, 0.4) is 0 Å². The first-order valence-electron chi connectivity index (χ1n) is 17.8. The average Bonchev–Trinajstić information content (AvgIpc) is 3.99. The number of carbonyl (C=O) groups is 4. The third kappa shape index (κ3) is 7.44. The standard InChI is InChI=1S/C36H46FN5O10S/c1-19-7-6-8-20(2)29(39-34(46)47)32(44)42-18-22(52-31-24-14-25(37)27(50-4)15-23(24)28(51-5)17-38-31)13-26(42)30(43)40-36(16-21(36)10-9-19)33(45)41-53(48,49)35(3)11-12-35/h9-10,14-15,17,19-22,26,29,39H,6-8,11-13,16,18H2,1-5H3,(H,40,43)(H,41,45)(H,46,47)/b10-9-/t19-,20+,21+,22+,26-,29-,36+/m0/s1. The third-order valence-electron chi connectivity index (χ3n) is 11.1. The van der Waals surface area contributed by atoms with Crippen LogP contribution in [0.15, 0.2) is 30.5 Å². The second-order valence-electron chi connectivity index (χ2n) is 15.0. The Labute approximate surface area is 307 Å². The molecule has 0 spiro atoms. The van der Waals surface area contributed by atoms with Gasteiger partial charge in [0.1, 0.15) is 29.5 Å². The van der Waals surface area contributed by atoms with Crippen molar-refractivity contribution in [1.29, 1.82) is 0 Å². The minimum Gasteiger partial charge on any atom is -0.494 e. The van der Waals surface area contributed by atoms with E-state index in [0.29, 0.717) is 43.2 Å². The Kier molecular flexibility index (Phi) is 10.3. The van der Waals surface area contributed by atoms with Crippen LogP contribution in [0.25, 0.3) is 10.8 Å². The number of hydrogen-bond donors (Lipinski definition) is 4. The second-order valence-corrected chi connectivity index (χ2v) is 17.2. The molecule has 2 aliphatic heterocycles. The molecule has 53 heavy (non-hydrogen) atoms. The van der Waals surface area contributed by atoms with Gasteiger partial charge in [-0.3, -0.25) is 19.1 Å². The lowest BCUT2D eigenvalue weighted by Crippen LogP contribution is -2.59. The zero-order valence-electron chi connectivity index (χ0n) is 30.3. The van der Waals surface area contributed by atoms with Crippen molar-refractivity contribution in [2.75, 3.05) is 20.8 Å². The monoisotopic (exact) mass is 759 g/mol. The lowest BCUT2D eigenvalue weighted by Gasteiger charge is -2.31. The van der Waals surface area contributed by atoms with E-state index < -0.39 is 80.0 Å². The summed E-state index contributed by atoms with van der Waals surface area (Å²) in [7, 11) is -1.29. The van der Waals surface area contributed by atoms with E-state index in [-0.39, 0.29) is 42.3 Å². The number of benzene rings is 1. The number of nitrogens with one attached hydrogen (secondary N) is 3. The van der Waals surface area contributed by atoms with Gasteiger partial charge in [0.2, 0.25) is 27.7 Å². The summed E-state index contributed by atoms with van der Waals surface area (Å²) in [6, 6.07) is 0.150. The van der Waals surface area contributed by atoms with Crippen molar-refractivity contribution >= 4 is 44.6 Å². The first kappa shape index (κ1) is 38.1. The topological polar surface area (TPSA) is 203 Å². The number of sulfonamides is 1. The Hall–Kier alpha value is -4.67. The SMILES string of the molecule is COc1cc2c(OC)cnc(O[C@@H]3C[C@H]4C(=O)N[C@]5(C(=O)NS(=O)(=O)C6(C)CC6)C[C@H]5/C=C\[C@@H](C)CCC[C@@H](C)[C@H](NC(=O)O)C(=O)N4C3)c2cc1F. The van der Waals surface area contributed by atoms with Crippen molar-refractivity contribution in [1.82, 2.24) is 25.2 Å². The molecule has 4 amide bonds. The smallest absolute Gasteiger partial charge is 0.405 e. The van der Waals surface area contributed by atoms with E-state index in [1.165, 1.54) is 37.4 Å². The number of allylic oxidation sites excluding steroid dienone is 1. The number of pyridine rings is 1. The molecule has 1 saturated heterocycles. The van der Waals surface area contributed by atoms with Crippen LogP contribution in [0.1, 0.15) is 65.7 Å². The lowest BCUT2D eigenvalue weighted by molar-refractivity contribution is -0.142. The number of hydrogen-bond acceptors (Lipinski definition) is 10. The Morgan fingerprint density at radius 3 is 2.45 bits per heavy atom. The van der Waals surface area contributed by atoms with E-state index in [2.05, 4.69) is 20.3 Å². The van der Waals surface area contributed by atoms with E-state index in [4.69, 9.17) is 14.2 Å². The molecule has 1 aromatic heterocycles. The Balaban J connectivity index is 1.36. The lowest BCUT2D eigenvalue weighted by atomic mass is 9.92. The molecular formula is C36H46FN5O10S. The maximum atomic E-state index is 14.9. The number of nitrogens with zero attached hydrogens (tertiary/aromatic N) is 2. The number of rotatable bonds is 8. The van der Waals surface area contributed by atoms with Crippen LogP contribution >= 0.6 is 0 Å². The molecule has 4 aliphatic rings. The molecule has 3 heterocycles. The summed E-state index contributed by atoms with van der Waals surface area (Å²) >= 11 is 0. The van der Waals surface area contributed by atoms with Gasteiger partial charge in [-0.15, -0.1) is 0 Å². The normalized spacial score (nSPS) is 30.4. The minimum absolute atomic E-state index is 0.00679. The largest absolute Gasteiger partial charge is 0.494 e. The van der Waals surface area contributed by atoms with Crippen molar-refractivity contribution in [3.63, 3.8) is 0 Å². The van der Waals surface area contributed by atoms with Gasteiger partial charge in [-0.1, -0.05) is 32.4 Å². The molecule has 1 aromatic carbocycles. The number of halogens is 1. The minimum atomic E-state index is -4.04. The van der Waals surface area contributed by atoms with Gasteiger partial charge in [-0.05, 0) is 63.0 Å². The molecule has 288 valence electrons. The van der Waals surface area contributed by atoms with Gasteiger partial charge in [0, 0.05) is 17.7 Å². The third-order valence-corrected chi connectivity index (χ3v) is 13.3. The zero-order chi connectivity index (χ0) is 38.5. The van der Waals surface area contributed by atoms with Crippen molar-refractivity contribution in [3.8, 4) is 17.4 Å². The van der Waals surface area contributed by atoms with E-state index in [1.807, 2.05) is 19.1 Å². The highest BCUT2D eigenvalue weighted by Crippen LogP contribution is 2.48. The van der Waals surface area contributed by atoms with Crippen LogP contribution in [0, 0.1) is 23.6 Å². The summed E-state index contributed by atoms with van der Waals surface area (Å²) in [4.78, 5) is 60.0. The first-order chi connectivity index (χ1) is 25.0. The fraction of sp³-hybridized carbons (Fsp3) is 0.583. The number of carbonyl (C=O) groups excluding carboxylic acids is 3. The second kappa shape index (κ2) is 14.3. The molecule has 2 saturated carbocycles. The van der Waals surface area contributed by atoms with Gasteiger partial charge >= 0.3 is 6.09 Å². The summed E-state index contributed by atoms with van der Waals surface area (Å²) in [5.41, 5.74) is -1.60. The molecule has 6 rings (SSSR count). The molecule has 0 radical (unpaired) electrons. The Morgan fingerprint density at radius 1 is 1.08 bits per heavy atom. The van der Waals surface area contributed by atoms with Crippen LogP contribution in [0.2, 0.25) is 0 Å². The summed E-state index contributed by atoms with van der Waals surface area (Å²) < 4.78 is 59.2.